The highest BCUT2D eigenvalue weighted by atomic mass is 32.2. The monoisotopic (exact) mass is 217 g/mol. The van der Waals surface area contributed by atoms with Gasteiger partial charge in [0.1, 0.15) is 16.2 Å². The third-order valence-corrected chi connectivity index (χ3v) is 2.58. The van der Waals surface area contributed by atoms with Gasteiger partial charge in [-0.25, -0.2) is 8.42 Å². The first-order valence-corrected chi connectivity index (χ1v) is 5.21. The molecule has 0 fully saturated rings. The number of benzene rings is 1. The number of aliphatic hydroxyl groups is 2. The van der Waals surface area contributed by atoms with Crippen LogP contribution in [0.3, 0.4) is 0 Å². The van der Waals surface area contributed by atoms with Crippen LogP contribution in [0.15, 0.2) is 29.2 Å². The number of rotatable bonds is 3. The van der Waals surface area contributed by atoms with E-state index in [1.807, 2.05) is 0 Å². The molecule has 1 aromatic carbocycles. The molecule has 1 aromatic rings. The van der Waals surface area contributed by atoms with E-state index in [-0.39, 0.29) is 4.90 Å². The van der Waals surface area contributed by atoms with E-state index in [0.717, 1.165) is 12.1 Å². The first kappa shape index (κ1) is 11.1. The molecule has 14 heavy (non-hydrogen) atoms. The Balaban J connectivity index is 3.01. The molecule has 78 valence electrons. The normalized spacial score (nSPS) is 13.9. The van der Waals surface area contributed by atoms with Gasteiger partial charge in [0.05, 0.1) is 11.5 Å². The van der Waals surface area contributed by atoms with Gasteiger partial charge in [-0.1, -0.05) is 12.1 Å². The van der Waals surface area contributed by atoms with E-state index in [1.54, 1.807) is 0 Å². The van der Waals surface area contributed by atoms with Gasteiger partial charge in [0.15, 0.2) is 0 Å². The number of hydrogen-bond acceptors (Lipinski definition) is 5. The summed E-state index contributed by atoms with van der Waals surface area (Å²) < 4.78 is 31.5. The maximum atomic E-state index is 10.5. The van der Waals surface area contributed by atoms with Crippen molar-refractivity contribution in [3.63, 3.8) is 0 Å². The van der Waals surface area contributed by atoms with E-state index < -0.39 is 22.8 Å². The zero-order valence-corrected chi connectivity index (χ0v) is 7.94. The zero-order chi connectivity index (χ0) is 10.8. The van der Waals surface area contributed by atoms with Crippen LogP contribution < -0.4 is 0 Å². The molecule has 0 saturated carbocycles. The minimum absolute atomic E-state index is 0.355. The second kappa shape index (κ2) is 4.05. The smallest absolute Gasteiger partial charge is 0.124 e. The fourth-order valence-electron chi connectivity index (χ4n) is 0.962. The van der Waals surface area contributed by atoms with Crippen LogP contribution in [0.4, 0.5) is 0 Å². The largest absolute Gasteiger partial charge is 0.744 e. The van der Waals surface area contributed by atoms with Gasteiger partial charge in [-0.05, 0) is 17.7 Å². The Labute approximate surface area is 81.4 Å². The highest BCUT2D eigenvalue weighted by Crippen LogP contribution is 2.15. The zero-order valence-electron chi connectivity index (χ0n) is 7.12. The molecule has 2 N–H and O–H groups in total. The Morgan fingerprint density at radius 3 is 2.14 bits per heavy atom. The standard InChI is InChI=1S/C8H10O5S/c9-5-8(10)6-1-3-7(4-2-6)14(11,12)13/h1-4,8-10H,5H2,(H,11,12,13)/p-1. The van der Waals surface area contributed by atoms with Crippen LogP contribution in [-0.4, -0.2) is 29.8 Å². The van der Waals surface area contributed by atoms with Gasteiger partial charge in [-0.2, -0.15) is 0 Å². The molecule has 0 aliphatic rings. The van der Waals surface area contributed by atoms with Gasteiger partial charge in [-0.15, -0.1) is 0 Å². The van der Waals surface area contributed by atoms with Crippen LogP contribution >= 0.6 is 0 Å². The topological polar surface area (TPSA) is 97.7 Å². The molecular weight excluding hydrogens is 208 g/mol. The van der Waals surface area contributed by atoms with Crippen molar-refractivity contribution < 1.29 is 23.2 Å². The minimum atomic E-state index is -4.45. The van der Waals surface area contributed by atoms with Crippen molar-refractivity contribution >= 4 is 10.1 Å². The summed E-state index contributed by atoms with van der Waals surface area (Å²) in [6.45, 7) is -0.455. The SMILES string of the molecule is O=S(=O)([O-])c1ccc(C(O)CO)cc1. The van der Waals surface area contributed by atoms with Crippen LogP contribution in [-0.2, 0) is 10.1 Å². The van der Waals surface area contributed by atoms with Gasteiger partial charge >= 0.3 is 0 Å². The van der Waals surface area contributed by atoms with Crippen molar-refractivity contribution in [1.82, 2.24) is 0 Å². The highest BCUT2D eigenvalue weighted by molar-refractivity contribution is 7.85. The molecule has 0 aliphatic heterocycles. The minimum Gasteiger partial charge on any atom is -0.744 e. The van der Waals surface area contributed by atoms with Crippen molar-refractivity contribution in [1.29, 1.82) is 0 Å². The summed E-state index contributed by atoms with van der Waals surface area (Å²) >= 11 is 0. The van der Waals surface area contributed by atoms with Crippen LogP contribution in [0.5, 0.6) is 0 Å². The second-order valence-electron chi connectivity index (χ2n) is 2.72. The first-order valence-electron chi connectivity index (χ1n) is 3.80. The van der Waals surface area contributed by atoms with Gasteiger partial charge in [0, 0.05) is 0 Å². The Hall–Kier alpha value is -0.950. The molecule has 0 aliphatic carbocycles. The fourth-order valence-corrected chi connectivity index (χ4v) is 1.43. The van der Waals surface area contributed by atoms with Gasteiger partial charge < -0.3 is 14.8 Å². The highest BCUT2D eigenvalue weighted by Gasteiger charge is 2.06. The number of hydrogen-bond donors (Lipinski definition) is 2. The van der Waals surface area contributed by atoms with Gasteiger partial charge in [-0.3, -0.25) is 0 Å². The van der Waals surface area contributed by atoms with Crippen LogP contribution in [0.1, 0.15) is 11.7 Å². The summed E-state index contributed by atoms with van der Waals surface area (Å²) in [7, 11) is -4.45. The predicted molar refractivity (Wildman–Crippen MR) is 46.5 cm³/mol. The lowest BCUT2D eigenvalue weighted by molar-refractivity contribution is 0.0956. The Kier molecular flexibility index (Phi) is 3.22. The van der Waals surface area contributed by atoms with E-state index in [9.17, 15) is 13.0 Å². The molecule has 0 spiro atoms. The maximum absolute atomic E-state index is 10.5. The molecule has 0 amide bonds. The summed E-state index contributed by atoms with van der Waals surface area (Å²) in [6.07, 6.45) is -1.06. The molecule has 1 rings (SSSR count). The predicted octanol–water partition coefficient (Wildman–Crippen LogP) is -0.384. The van der Waals surface area contributed by atoms with Crippen molar-refractivity contribution in [3.8, 4) is 0 Å². The van der Waals surface area contributed by atoms with E-state index in [4.69, 9.17) is 10.2 Å². The lowest BCUT2D eigenvalue weighted by atomic mass is 10.1. The molecule has 1 atom stereocenters. The van der Waals surface area contributed by atoms with Crippen LogP contribution in [0.2, 0.25) is 0 Å². The molecule has 6 heteroatoms. The quantitative estimate of drug-likeness (QED) is 0.672. The fraction of sp³-hybridized carbons (Fsp3) is 0.250. The molecule has 0 radical (unpaired) electrons. The van der Waals surface area contributed by atoms with Crippen molar-refractivity contribution in [3.05, 3.63) is 29.8 Å². The molecule has 5 nitrogen and oxygen atoms in total. The molecular formula is C8H9O5S-. The molecule has 0 aromatic heterocycles. The average Bonchev–Trinajstić information content (AvgIpc) is 2.15. The summed E-state index contributed by atoms with van der Waals surface area (Å²) in [5.74, 6) is 0. The molecule has 0 saturated heterocycles. The molecule has 1 unspecified atom stereocenters. The van der Waals surface area contributed by atoms with Gasteiger partial charge in [0.25, 0.3) is 0 Å². The van der Waals surface area contributed by atoms with Gasteiger partial charge in [0.2, 0.25) is 0 Å². The second-order valence-corrected chi connectivity index (χ2v) is 4.10. The van der Waals surface area contributed by atoms with E-state index >= 15 is 0 Å². The lowest BCUT2D eigenvalue weighted by Crippen LogP contribution is -2.03. The summed E-state index contributed by atoms with van der Waals surface area (Å²) in [5, 5.41) is 17.7. The van der Waals surface area contributed by atoms with Crippen molar-refractivity contribution in [2.75, 3.05) is 6.61 Å². The molecule has 0 heterocycles. The Morgan fingerprint density at radius 2 is 1.79 bits per heavy atom. The summed E-state index contributed by atoms with van der Waals surface area (Å²) in [6, 6.07) is 4.75. The molecule has 0 bridgehead atoms. The van der Waals surface area contributed by atoms with Crippen LogP contribution in [0, 0.1) is 0 Å². The van der Waals surface area contributed by atoms with Crippen LogP contribution in [0.25, 0.3) is 0 Å². The number of aliphatic hydroxyl groups excluding tert-OH is 2. The van der Waals surface area contributed by atoms with E-state index in [2.05, 4.69) is 0 Å². The first-order chi connectivity index (χ1) is 6.45. The third-order valence-electron chi connectivity index (χ3n) is 1.73. The average molecular weight is 217 g/mol. The Bertz CT molecular complexity index is 394. The van der Waals surface area contributed by atoms with Crippen molar-refractivity contribution in [2.24, 2.45) is 0 Å². The lowest BCUT2D eigenvalue weighted by Gasteiger charge is -2.10. The van der Waals surface area contributed by atoms with E-state index in [1.165, 1.54) is 12.1 Å². The van der Waals surface area contributed by atoms with Crippen molar-refractivity contribution in [2.45, 2.75) is 11.0 Å². The summed E-state index contributed by atoms with van der Waals surface area (Å²) in [4.78, 5) is -0.355. The Morgan fingerprint density at radius 1 is 1.29 bits per heavy atom. The maximum Gasteiger partial charge on any atom is 0.124 e. The summed E-state index contributed by atoms with van der Waals surface area (Å²) in [5.41, 5.74) is 0.361. The third kappa shape index (κ3) is 2.52. The van der Waals surface area contributed by atoms with E-state index in [0.29, 0.717) is 5.56 Å².